The monoisotopic (exact) mass is 426 g/mol. The molecule has 1 aliphatic carbocycles. The van der Waals surface area contributed by atoms with Gasteiger partial charge in [-0.05, 0) is 49.1 Å². The van der Waals surface area contributed by atoms with E-state index >= 15 is 0 Å². The second-order valence-electron chi connectivity index (χ2n) is 7.86. The van der Waals surface area contributed by atoms with Crippen LogP contribution in [-0.4, -0.2) is 36.7 Å². The Morgan fingerprint density at radius 1 is 1.09 bits per heavy atom. The highest BCUT2D eigenvalue weighted by Gasteiger charge is 2.25. The van der Waals surface area contributed by atoms with Crippen LogP contribution in [0.2, 0.25) is 0 Å². The molecule has 32 heavy (non-hydrogen) atoms. The number of pyridine rings is 1. The fourth-order valence-electron chi connectivity index (χ4n) is 3.37. The lowest BCUT2D eigenvalue weighted by atomic mass is 10.0. The Kier molecular flexibility index (Phi) is 5.10. The van der Waals surface area contributed by atoms with Crippen LogP contribution in [0, 0.1) is 6.92 Å². The molecular formula is C24H22N6O2. The molecule has 3 aromatic heterocycles. The first-order chi connectivity index (χ1) is 15.6. The maximum Gasteiger partial charge on any atom is 0.258 e. The zero-order chi connectivity index (χ0) is 22.1. The molecule has 1 aromatic carbocycles. The van der Waals surface area contributed by atoms with Crippen LogP contribution in [0.25, 0.3) is 22.4 Å². The van der Waals surface area contributed by atoms with E-state index in [1.807, 2.05) is 44.6 Å². The molecule has 1 N–H and O–H groups in total. The average molecular weight is 426 g/mol. The molecule has 0 unspecified atom stereocenters. The third kappa shape index (κ3) is 4.20. The first kappa shape index (κ1) is 19.9. The van der Waals surface area contributed by atoms with Gasteiger partial charge in [0.2, 0.25) is 0 Å². The summed E-state index contributed by atoms with van der Waals surface area (Å²) in [5.74, 6) is 0.876. The number of aryl methyl sites for hydroxylation is 2. The minimum atomic E-state index is -0.269. The zero-order valence-corrected chi connectivity index (χ0v) is 17.8. The molecular weight excluding hydrogens is 404 g/mol. The van der Waals surface area contributed by atoms with E-state index in [1.165, 1.54) is 6.20 Å². The van der Waals surface area contributed by atoms with E-state index in [0.717, 1.165) is 40.8 Å². The Balaban J connectivity index is 1.43. The van der Waals surface area contributed by atoms with Crippen molar-refractivity contribution in [3.8, 4) is 28.1 Å². The molecule has 3 heterocycles. The standard InChI is InChI=1S/C24H22N6O2/c1-15-7-8-25-11-20(15)24(31)29-23-13-26-21(12-27-23)19-9-16(17-10-28-30(2)14-17)3-6-22(19)32-18-4-5-18/h3,6-14,18H,4-5H2,1-2H3,(H,27,29,31). The van der Waals surface area contributed by atoms with Gasteiger partial charge < -0.3 is 10.1 Å². The molecule has 0 bridgehead atoms. The maximum atomic E-state index is 12.5. The Morgan fingerprint density at radius 3 is 2.66 bits per heavy atom. The van der Waals surface area contributed by atoms with Gasteiger partial charge in [-0.2, -0.15) is 5.10 Å². The van der Waals surface area contributed by atoms with Gasteiger partial charge in [0.05, 0.1) is 36.0 Å². The van der Waals surface area contributed by atoms with Gasteiger partial charge in [0, 0.05) is 36.8 Å². The predicted molar refractivity (Wildman–Crippen MR) is 120 cm³/mol. The molecule has 1 fully saturated rings. The molecule has 1 aliphatic rings. The van der Waals surface area contributed by atoms with Crippen molar-refractivity contribution in [2.45, 2.75) is 25.9 Å². The van der Waals surface area contributed by atoms with Crippen LogP contribution < -0.4 is 10.1 Å². The lowest BCUT2D eigenvalue weighted by Crippen LogP contribution is -2.14. The van der Waals surface area contributed by atoms with E-state index < -0.39 is 0 Å². The first-order valence-electron chi connectivity index (χ1n) is 10.4. The Morgan fingerprint density at radius 2 is 1.97 bits per heavy atom. The Labute approximate surface area is 185 Å². The Hall–Kier alpha value is -4.07. The smallest absolute Gasteiger partial charge is 0.258 e. The summed E-state index contributed by atoms with van der Waals surface area (Å²) in [7, 11) is 1.89. The fourth-order valence-corrected chi connectivity index (χ4v) is 3.37. The van der Waals surface area contributed by atoms with E-state index in [0.29, 0.717) is 17.1 Å². The van der Waals surface area contributed by atoms with Gasteiger partial charge in [0.1, 0.15) is 5.75 Å². The highest BCUT2D eigenvalue weighted by atomic mass is 16.5. The zero-order valence-electron chi connectivity index (χ0n) is 17.8. The third-order valence-electron chi connectivity index (χ3n) is 5.29. The number of nitrogens with one attached hydrogen (secondary N) is 1. The summed E-state index contributed by atoms with van der Waals surface area (Å²) < 4.78 is 7.88. The number of rotatable bonds is 6. The third-order valence-corrected chi connectivity index (χ3v) is 5.29. The molecule has 0 spiro atoms. The second-order valence-corrected chi connectivity index (χ2v) is 7.86. The van der Waals surface area contributed by atoms with Crippen molar-refractivity contribution in [3.05, 3.63) is 72.6 Å². The van der Waals surface area contributed by atoms with Crippen molar-refractivity contribution < 1.29 is 9.53 Å². The van der Waals surface area contributed by atoms with Crippen molar-refractivity contribution in [3.63, 3.8) is 0 Å². The molecule has 8 heteroatoms. The topological polar surface area (TPSA) is 94.8 Å². The maximum absolute atomic E-state index is 12.5. The van der Waals surface area contributed by atoms with Gasteiger partial charge in [0.15, 0.2) is 5.82 Å². The van der Waals surface area contributed by atoms with Crippen LogP contribution in [0.15, 0.2) is 61.4 Å². The van der Waals surface area contributed by atoms with E-state index in [1.54, 1.807) is 29.3 Å². The molecule has 1 saturated carbocycles. The lowest BCUT2D eigenvalue weighted by molar-refractivity contribution is 0.102. The molecule has 8 nitrogen and oxygen atoms in total. The highest BCUT2D eigenvalue weighted by Crippen LogP contribution is 2.37. The minimum absolute atomic E-state index is 0.257. The normalized spacial score (nSPS) is 13.1. The predicted octanol–water partition coefficient (Wildman–Crippen LogP) is 4.04. The number of ether oxygens (including phenoxy) is 1. The largest absolute Gasteiger partial charge is 0.490 e. The van der Waals surface area contributed by atoms with Gasteiger partial charge in [-0.1, -0.05) is 6.07 Å². The van der Waals surface area contributed by atoms with Crippen LogP contribution in [-0.2, 0) is 7.05 Å². The fraction of sp³-hybridized carbons (Fsp3) is 0.208. The van der Waals surface area contributed by atoms with E-state index in [9.17, 15) is 4.79 Å². The second kappa shape index (κ2) is 8.22. The summed E-state index contributed by atoms with van der Waals surface area (Å²) in [5.41, 5.74) is 4.89. The number of hydrogen-bond acceptors (Lipinski definition) is 6. The summed E-state index contributed by atoms with van der Waals surface area (Å²) >= 11 is 0. The number of amides is 1. The molecule has 0 saturated heterocycles. The van der Waals surface area contributed by atoms with Gasteiger partial charge >= 0.3 is 0 Å². The summed E-state index contributed by atoms with van der Waals surface area (Å²) in [4.78, 5) is 25.5. The molecule has 5 rings (SSSR count). The molecule has 4 aromatic rings. The van der Waals surface area contributed by atoms with Crippen LogP contribution in [0.1, 0.15) is 28.8 Å². The summed E-state index contributed by atoms with van der Waals surface area (Å²) in [6.45, 7) is 1.86. The number of carbonyl (C=O) groups excluding carboxylic acids is 1. The lowest BCUT2D eigenvalue weighted by Gasteiger charge is -2.13. The number of anilines is 1. The van der Waals surface area contributed by atoms with Gasteiger partial charge in [-0.15, -0.1) is 0 Å². The minimum Gasteiger partial charge on any atom is -0.490 e. The van der Waals surface area contributed by atoms with Gasteiger partial charge in [-0.3, -0.25) is 19.4 Å². The van der Waals surface area contributed by atoms with Crippen LogP contribution in [0.3, 0.4) is 0 Å². The number of nitrogens with zero attached hydrogens (tertiary/aromatic N) is 5. The number of hydrogen-bond donors (Lipinski definition) is 1. The van der Waals surface area contributed by atoms with Crippen LogP contribution in [0.5, 0.6) is 5.75 Å². The summed E-state index contributed by atoms with van der Waals surface area (Å²) in [5, 5.41) is 7.04. The average Bonchev–Trinajstić information content (AvgIpc) is 3.51. The number of aromatic nitrogens is 5. The molecule has 0 atom stereocenters. The van der Waals surface area contributed by atoms with Crippen molar-refractivity contribution in [2.24, 2.45) is 7.05 Å². The SMILES string of the molecule is Cc1ccncc1C(=O)Nc1cnc(-c2cc(-c3cnn(C)c3)ccc2OC2CC2)cn1. The van der Waals surface area contributed by atoms with Crippen LogP contribution in [0.4, 0.5) is 5.82 Å². The molecule has 1 amide bonds. The van der Waals surface area contributed by atoms with Crippen molar-refractivity contribution in [1.29, 1.82) is 0 Å². The van der Waals surface area contributed by atoms with Crippen molar-refractivity contribution in [1.82, 2.24) is 24.7 Å². The summed E-state index contributed by atoms with van der Waals surface area (Å²) in [6.07, 6.45) is 12.6. The first-order valence-corrected chi connectivity index (χ1v) is 10.4. The van der Waals surface area contributed by atoms with Gasteiger partial charge in [-0.25, -0.2) is 4.98 Å². The van der Waals surface area contributed by atoms with E-state index in [-0.39, 0.29) is 12.0 Å². The Bertz CT molecular complexity index is 1280. The van der Waals surface area contributed by atoms with Crippen molar-refractivity contribution in [2.75, 3.05) is 5.32 Å². The van der Waals surface area contributed by atoms with E-state index in [4.69, 9.17) is 4.74 Å². The summed E-state index contributed by atoms with van der Waals surface area (Å²) in [6, 6.07) is 7.82. The highest BCUT2D eigenvalue weighted by molar-refractivity contribution is 6.04. The molecule has 0 aliphatic heterocycles. The number of carbonyl (C=O) groups is 1. The van der Waals surface area contributed by atoms with E-state index in [2.05, 4.69) is 25.4 Å². The van der Waals surface area contributed by atoms with Crippen molar-refractivity contribution >= 4 is 11.7 Å². The quantitative estimate of drug-likeness (QED) is 0.500. The molecule has 0 radical (unpaired) electrons. The van der Waals surface area contributed by atoms with Crippen LogP contribution >= 0.6 is 0 Å². The van der Waals surface area contributed by atoms with Gasteiger partial charge in [0.25, 0.3) is 5.91 Å². The molecule has 160 valence electrons. The number of benzene rings is 1.